The third-order valence-corrected chi connectivity index (χ3v) is 8.48. The first-order valence-electron chi connectivity index (χ1n) is 13.6. The third kappa shape index (κ3) is 4.80. The van der Waals surface area contributed by atoms with Crippen LogP contribution in [0.2, 0.25) is 0 Å². The van der Waals surface area contributed by atoms with Gasteiger partial charge in [-0.25, -0.2) is 4.39 Å². The number of aliphatic carboxylic acids is 1. The lowest BCUT2D eigenvalue weighted by Crippen LogP contribution is -2.53. The number of para-hydroxylation sites is 1. The molecule has 8 heteroatoms. The summed E-state index contributed by atoms with van der Waals surface area (Å²) in [6.07, 6.45) is 3.38. The lowest BCUT2D eigenvalue weighted by Gasteiger charge is -2.48. The lowest BCUT2D eigenvalue weighted by atomic mass is 9.67. The molecule has 2 aliphatic rings. The largest absolute Gasteiger partial charge is 0.492 e. The molecule has 1 unspecified atom stereocenters. The Hall–Kier alpha value is -2.97. The molecule has 0 amide bonds. The number of ether oxygens (including phenoxy) is 1. The summed E-state index contributed by atoms with van der Waals surface area (Å²) in [5, 5.41) is 14.4. The molecule has 2 heterocycles. The van der Waals surface area contributed by atoms with Gasteiger partial charge in [-0.05, 0) is 75.4 Å². The first kappa shape index (κ1) is 26.6. The van der Waals surface area contributed by atoms with Crippen LogP contribution in [0.3, 0.4) is 0 Å². The summed E-state index contributed by atoms with van der Waals surface area (Å²) in [6, 6.07) is 10.8. The molecule has 3 N–H and O–H groups in total. The molecule has 6 nitrogen and oxygen atoms in total. The number of carboxylic acid groups (broad SMARTS) is 1. The van der Waals surface area contributed by atoms with Gasteiger partial charge in [0.15, 0.2) is 0 Å². The molecular formula is C30H37F2N3O3. The van der Waals surface area contributed by atoms with Gasteiger partial charge in [-0.3, -0.25) is 14.1 Å². The molecule has 0 spiro atoms. The molecule has 38 heavy (non-hydrogen) atoms. The van der Waals surface area contributed by atoms with E-state index in [1.165, 1.54) is 6.07 Å². The first-order chi connectivity index (χ1) is 18.4. The zero-order valence-corrected chi connectivity index (χ0v) is 22.2. The van der Waals surface area contributed by atoms with Gasteiger partial charge in [0.25, 0.3) is 0 Å². The number of carboxylic acids is 1. The molecule has 2 atom stereocenters. The Labute approximate surface area is 222 Å². The Bertz CT molecular complexity index is 1300. The standard InChI is InChI=1S/C30H37F2N3O3/c1-19-17-22-21-7-3-4-8-24(21)34-27(22)28(35(19)18-30(29(36)37)11-5-12-30)26-20(2)25(10-9-23(26)32)38-16-15-33-14-6-13-31/h3-4,7-10,19,28,33-34H,5-6,11-18H2,1-2H3,(H,36,37)/t19-,28?/m1/s1. The Kier molecular flexibility index (Phi) is 7.73. The summed E-state index contributed by atoms with van der Waals surface area (Å²) in [4.78, 5) is 18.1. The number of rotatable bonds is 11. The summed E-state index contributed by atoms with van der Waals surface area (Å²) in [6.45, 7) is 5.52. The second-order valence-corrected chi connectivity index (χ2v) is 10.9. The van der Waals surface area contributed by atoms with Crippen LogP contribution in [-0.4, -0.2) is 59.9 Å². The first-order valence-corrected chi connectivity index (χ1v) is 13.6. The fourth-order valence-electron chi connectivity index (χ4n) is 6.17. The number of fused-ring (bicyclic) bond motifs is 3. The molecule has 1 aliphatic carbocycles. The minimum absolute atomic E-state index is 0.0200. The Morgan fingerprint density at radius 2 is 2.03 bits per heavy atom. The van der Waals surface area contributed by atoms with Crippen LogP contribution in [0.25, 0.3) is 10.9 Å². The van der Waals surface area contributed by atoms with Crippen LogP contribution in [0.1, 0.15) is 61.0 Å². The average molecular weight is 526 g/mol. The number of carbonyl (C=O) groups is 1. The summed E-state index contributed by atoms with van der Waals surface area (Å²) in [5.41, 5.74) is 3.51. The predicted molar refractivity (Wildman–Crippen MR) is 144 cm³/mol. The van der Waals surface area contributed by atoms with E-state index in [-0.39, 0.29) is 18.5 Å². The van der Waals surface area contributed by atoms with Crippen LogP contribution in [0.15, 0.2) is 36.4 Å². The Balaban J connectivity index is 1.55. The van der Waals surface area contributed by atoms with Gasteiger partial charge in [0.05, 0.1) is 18.1 Å². The summed E-state index contributed by atoms with van der Waals surface area (Å²) < 4.78 is 34.2. The molecule has 3 aromatic rings. The fourth-order valence-corrected chi connectivity index (χ4v) is 6.17. The molecule has 204 valence electrons. The van der Waals surface area contributed by atoms with E-state index in [2.05, 4.69) is 28.2 Å². The predicted octanol–water partition coefficient (Wildman–Crippen LogP) is 5.53. The van der Waals surface area contributed by atoms with Crippen LogP contribution in [0.4, 0.5) is 8.78 Å². The summed E-state index contributed by atoms with van der Waals surface area (Å²) >= 11 is 0. The van der Waals surface area contributed by atoms with E-state index in [1.807, 2.05) is 25.1 Å². The second-order valence-electron chi connectivity index (χ2n) is 10.9. The van der Waals surface area contributed by atoms with E-state index < -0.39 is 17.4 Å². The monoisotopic (exact) mass is 525 g/mol. The number of halogens is 2. The maximum Gasteiger partial charge on any atom is 0.310 e. The lowest BCUT2D eigenvalue weighted by molar-refractivity contribution is -0.157. The highest BCUT2D eigenvalue weighted by Crippen LogP contribution is 2.48. The number of benzene rings is 2. The van der Waals surface area contributed by atoms with Crippen molar-refractivity contribution >= 4 is 16.9 Å². The van der Waals surface area contributed by atoms with Gasteiger partial charge in [-0.2, -0.15) is 0 Å². The number of hydrogen-bond acceptors (Lipinski definition) is 4. The molecular weight excluding hydrogens is 488 g/mol. The molecule has 0 bridgehead atoms. The molecule has 0 saturated heterocycles. The zero-order valence-electron chi connectivity index (χ0n) is 22.2. The Morgan fingerprint density at radius 1 is 1.24 bits per heavy atom. The van der Waals surface area contributed by atoms with Crippen molar-refractivity contribution in [3.63, 3.8) is 0 Å². The van der Waals surface area contributed by atoms with Crippen molar-refractivity contribution in [2.24, 2.45) is 5.41 Å². The molecule has 1 aliphatic heterocycles. The van der Waals surface area contributed by atoms with Crippen molar-refractivity contribution < 1.29 is 23.4 Å². The van der Waals surface area contributed by atoms with Gasteiger partial charge in [-0.1, -0.05) is 24.6 Å². The summed E-state index contributed by atoms with van der Waals surface area (Å²) in [7, 11) is 0. The second kappa shape index (κ2) is 11.0. The minimum atomic E-state index is -0.806. The van der Waals surface area contributed by atoms with Crippen molar-refractivity contribution in [2.45, 2.75) is 58.0 Å². The maximum absolute atomic E-state index is 15.8. The molecule has 0 radical (unpaired) electrons. The number of H-pyrrole nitrogens is 1. The van der Waals surface area contributed by atoms with E-state index in [0.717, 1.165) is 35.0 Å². The van der Waals surface area contributed by atoms with E-state index in [4.69, 9.17) is 4.74 Å². The van der Waals surface area contributed by atoms with Gasteiger partial charge >= 0.3 is 5.97 Å². The van der Waals surface area contributed by atoms with E-state index in [0.29, 0.717) is 62.4 Å². The van der Waals surface area contributed by atoms with Crippen molar-refractivity contribution in [2.75, 3.05) is 32.9 Å². The fraction of sp³-hybridized carbons (Fsp3) is 0.500. The third-order valence-electron chi connectivity index (χ3n) is 8.48. The van der Waals surface area contributed by atoms with Crippen molar-refractivity contribution in [1.82, 2.24) is 15.2 Å². The number of hydrogen-bond donors (Lipinski definition) is 3. The normalized spacial score (nSPS) is 20.7. The molecule has 1 fully saturated rings. The van der Waals surface area contributed by atoms with Gasteiger partial charge < -0.3 is 20.1 Å². The molecule has 1 aromatic heterocycles. The van der Waals surface area contributed by atoms with Gasteiger partial charge in [0, 0.05) is 41.3 Å². The van der Waals surface area contributed by atoms with E-state index in [9.17, 15) is 14.3 Å². The van der Waals surface area contributed by atoms with Gasteiger partial charge in [0.2, 0.25) is 0 Å². The van der Waals surface area contributed by atoms with Gasteiger partial charge in [-0.15, -0.1) is 0 Å². The molecule has 1 saturated carbocycles. The van der Waals surface area contributed by atoms with Crippen molar-refractivity contribution in [3.05, 3.63) is 64.6 Å². The number of aromatic nitrogens is 1. The van der Waals surface area contributed by atoms with Crippen LogP contribution >= 0.6 is 0 Å². The topological polar surface area (TPSA) is 77.6 Å². The Morgan fingerprint density at radius 3 is 2.74 bits per heavy atom. The SMILES string of the molecule is Cc1c(OCCNCCCF)ccc(F)c1C1c2[nH]c3ccccc3c2C[C@@H](C)N1CC1(C(=O)O)CCC1. The minimum Gasteiger partial charge on any atom is -0.492 e. The van der Waals surface area contributed by atoms with E-state index in [1.54, 1.807) is 6.07 Å². The number of aromatic amines is 1. The maximum atomic E-state index is 15.8. The zero-order chi connectivity index (χ0) is 26.9. The highest BCUT2D eigenvalue weighted by molar-refractivity contribution is 5.85. The summed E-state index contributed by atoms with van der Waals surface area (Å²) in [5.74, 6) is -0.504. The van der Waals surface area contributed by atoms with Crippen LogP contribution < -0.4 is 10.1 Å². The number of alkyl halides is 1. The average Bonchev–Trinajstić information content (AvgIpc) is 3.23. The van der Waals surface area contributed by atoms with E-state index >= 15 is 4.39 Å². The highest BCUT2D eigenvalue weighted by Gasteiger charge is 2.49. The van der Waals surface area contributed by atoms with Crippen LogP contribution in [0.5, 0.6) is 5.75 Å². The smallest absolute Gasteiger partial charge is 0.310 e. The van der Waals surface area contributed by atoms with Crippen LogP contribution in [0, 0.1) is 18.2 Å². The number of nitrogens with one attached hydrogen (secondary N) is 2. The highest BCUT2D eigenvalue weighted by atomic mass is 19.1. The molecule has 2 aromatic carbocycles. The quantitative estimate of drug-likeness (QED) is 0.287. The van der Waals surface area contributed by atoms with Crippen molar-refractivity contribution in [1.29, 1.82) is 0 Å². The van der Waals surface area contributed by atoms with Gasteiger partial charge in [0.1, 0.15) is 18.2 Å². The molecule has 5 rings (SSSR count). The van der Waals surface area contributed by atoms with Crippen LogP contribution in [-0.2, 0) is 11.2 Å². The number of nitrogens with zero attached hydrogens (tertiary/aromatic N) is 1. The van der Waals surface area contributed by atoms with Crippen molar-refractivity contribution in [3.8, 4) is 5.75 Å².